The van der Waals surface area contributed by atoms with Gasteiger partial charge in [0.15, 0.2) is 0 Å². The number of amides is 1. The van der Waals surface area contributed by atoms with E-state index < -0.39 is 29.8 Å². The van der Waals surface area contributed by atoms with E-state index in [0.29, 0.717) is 22.4 Å². The highest BCUT2D eigenvalue weighted by Gasteiger charge is 2.31. The van der Waals surface area contributed by atoms with Crippen LogP contribution < -0.4 is 11.0 Å². The second-order valence-electron chi connectivity index (χ2n) is 4.46. The Morgan fingerprint density at radius 2 is 1.96 bits per heavy atom. The van der Waals surface area contributed by atoms with Crippen LogP contribution in [0.1, 0.15) is 11.1 Å². The fourth-order valence-electron chi connectivity index (χ4n) is 1.64. The number of carbonyl (C=O) groups is 1. The van der Waals surface area contributed by atoms with Crippen LogP contribution in [0.2, 0.25) is 0 Å². The van der Waals surface area contributed by atoms with E-state index in [0.717, 1.165) is 6.07 Å². The quantitative estimate of drug-likeness (QED) is 0.682. The minimum absolute atomic E-state index is 0.573. The lowest BCUT2D eigenvalue weighted by molar-refractivity contribution is -0.138. The van der Waals surface area contributed by atoms with Gasteiger partial charge in [-0.15, -0.1) is 0 Å². The molecule has 0 bridgehead atoms. The van der Waals surface area contributed by atoms with Gasteiger partial charge in [-0.3, -0.25) is 14.6 Å². The third-order valence-electron chi connectivity index (χ3n) is 2.73. The summed E-state index contributed by atoms with van der Waals surface area (Å²) in [6, 6.07) is 4.72. The van der Waals surface area contributed by atoms with Gasteiger partial charge in [-0.25, -0.2) is 5.43 Å². The molecule has 0 saturated carbocycles. The number of rotatable bonds is 4. The van der Waals surface area contributed by atoms with Gasteiger partial charge < -0.3 is 4.57 Å². The number of nitrogens with one attached hydrogen (secondary N) is 1. The Bertz CT molecular complexity index is 770. The van der Waals surface area contributed by atoms with Crippen LogP contribution in [-0.4, -0.2) is 21.7 Å². The number of pyridine rings is 2. The van der Waals surface area contributed by atoms with Crippen LogP contribution in [0.15, 0.2) is 52.8 Å². The number of halogens is 3. The van der Waals surface area contributed by atoms with Gasteiger partial charge in [0.05, 0.1) is 11.8 Å². The Kier molecular flexibility index (Phi) is 4.89. The highest BCUT2D eigenvalue weighted by molar-refractivity contribution is 5.82. The standard InChI is InChI=1S/C14H11F3N4O2/c15-14(16,17)11-1-2-13(23)21(8-11)9-12(22)20-19-7-10-3-5-18-6-4-10/h1-8H,9H2,(H,20,22)/b19-7+. The molecule has 0 radical (unpaired) electrons. The maximum atomic E-state index is 12.6. The maximum absolute atomic E-state index is 12.6. The maximum Gasteiger partial charge on any atom is 0.417 e. The molecule has 0 saturated heterocycles. The first-order valence-corrected chi connectivity index (χ1v) is 6.36. The molecule has 23 heavy (non-hydrogen) atoms. The fourth-order valence-corrected chi connectivity index (χ4v) is 1.64. The van der Waals surface area contributed by atoms with Gasteiger partial charge >= 0.3 is 6.18 Å². The normalized spacial score (nSPS) is 11.6. The van der Waals surface area contributed by atoms with Crippen LogP contribution in [-0.2, 0) is 17.5 Å². The largest absolute Gasteiger partial charge is 0.417 e. The third-order valence-corrected chi connectivity index (χ3v) is 2.73. The van der Waals surface area contributed by atoms with Gasteiger partial charge in [0.2, 0.25) is 0 Å². The van der Waals surface area contributed by atoms with E-state index in [1.165, 1.54) is 18.6 Å². The van der Waals surface area contributed by atoms with Gasteiger partial charge in [0.25, 0.3) is 11.5 Å². The predicted octanol–water partition coefficient (Wildman–Crippen LogP) is 1.41. The van der Waals surface area contributed by atoms with E-state index in [-0.39, 0.29) is 0 Å². The summed E-state index contributed by atoms with van der Waals surface area (Å²) in [6.07, 6.45) is 0.408. The van der Waals surface area contributed by atoms with Gasteiger partial charge in [-0.2, -0.15) is 18.3 Å². The zero-order valence-corrected chi connectivity index (χ0v) is 11.6. The number of hydrogen-bond acceptors (Lipinski definition) is 4. The molecule has 0 aromatic carbocycles. The lowest BCUT2D eigenvalue weighted by Gasteiger charge is -2.09. The monoisotopic (exact) mass is 324 g/mol. The molecule has 0 spiro atoms. The molecule has 0 unspecified atom stereocenters. The van der Waals surface area contributed by atoms with Crippen molar-refractivity contribution in [3.63, 3.8) is 0 Å². The average molecular weight is 324 g/mol. The smallest absolute Gasteiger partial charge is 0.305 e. The fraction of sp³-hybridized carbons (Fsp3) is 0.143. The minimum atomic E-state index is -4.59. The number of nitrogens with zero attached hydrogens (tertiary/aromatic N) is 3. The van der Waals surface area contributed by atoms with Crippen molar-refractivity contribution in [3.05, 3.63) is 64.3 Å². The number of hydrogen-bond donors (Lipinski definition) is 1. The van der Waals surface area contributed by atoms with Crippen molar-refractivity contribution in [2.75, 3.05) is 0 Å². The summed E-state index contributed by atoms with van der Waals surface area (Å²) in [6.45, 7) is -0.573. The van der Waals surface area contributed by atoms with E-state index in [1.807, 2.05) is 0 Å². The van der Waals surface area contributed by atoms with Crippen LogP contribution in [0, 0.1) is 0 Å². The summed E-state index contributed by atoms with van der Waals surface area (Å²) >= 11 is 0. The molecular formula is C14H11F3N4O2. The van der Waals surface area contributed by atoms with Crippen molar-refractivity contribution >= 4 is 12.1 Å². The van der Waals surface area contributed by atoms with Crippen LogP contribution in [0.5, 0.6) is 0 Å². The summed E-state index contributed by atoms with van der Waals surface area (Å²) < 4.78 is 38.4. The second kappa shape index (κ2) is 6.86. The molecule has 6 nitrogen and oxygen atoms in total. The Labute approximate surface area is 128 Å². The number of hydrazone groups is 1. The van der Waals surface area contributed by atoms with Crippen molar-refractivity contribution in [1.29, 1.82) is 0 Å². The molecule has 0 aliphatic heterocycles. The summed E-state index contributed by atoms with van der Waals surface area (Å²) in [5.41, 5.74) is 1.09. The minimum Gasteiger partial charge on any atom is -0.305 e. The van der Waals surface area contributed by atoms with Crippen molar-refractivity contribution in [1.82, 2.24) is 15.0 Å². The van der Waals surface area contributed by atoms with E-state index >= 15 is 0 Å². The first kappa shape index (κ1) is 16.4. The first-order valence-electron chi connectivity index (χ1n) is 6.36. The molecule has 2 rings (SSSR count). The Balaban J connectivity index is 2.03. The molecule has 120 valence electrons. The summed E-state index contributed by atoms with van der Waals surface area (Å²) in [7, 11) is 0. The van der Waals surface area contributed by atoms with E-state index in [9.17, 15) is 22.8 Å². The molecule has 2 aromatic heterocycles. The highest BCUT2D eigenvalue weighted by Crippen LogP contribution is 2.27. The molecule has 2 heterocycles. The van der Waals surface area contributed by atoms with E-state index in [4.69, 9.17) is 0 Å². The van der Waals surface area contributed by atoms with Crippen molar-refractivity contribution in [2.24, 2.45) is 5.10 Å². The van der Waals surface area contributed by atoms with Gasteiger partial charge in [-0.05, 0) is 23.8 Å². The highest BCUT2D eigenvalue weighted by atomic mass is 19.4. The zero-order valence-electron chi connectivity index (χ0n) is 11.6. The molecule has 0 aliphatic rings. The molecule has 0 aliphatic carbocycles. The lowest BCUT2D eigenvalue weighted by Crippen LogP contribution is -2.30. The Morgan fingerprint density at radius 3 is 2.61 bits per heavy atom. The molecule has 1 N–H and O–H groups in total. The topological polar surface area (TPSA) is 76.3 Å². The van der Waals surface area contributed by atoms with Crippen LogP contribution >= 0.6 is 0 Å². The summed E-state index contributed by atoms with van der Waals surface area (Å²) in [5, 5.41) is 3.65. The SMILES string of the molecule is O=C(Cn1cc(C(F)(F)F)ccc1=O)N/N=C/c1ccncc1. The molecule has 0 atom stereocenters. The van der Waals surface area contributed by atoms with Gasteiger partial charge in [0.1, 0.15) is 6.54 Å². The van der Waals surface area contributed by atoms with Crippen molar-refractivity contribution in [3.8, 4) is 0 Å². The first-order chi connectivity index (χ1) is 10.9. The molecule has 2 aromatic rings. The Hall–Kier alpha value is -2.97. The zero-order chi connectivity index (χ0) is 16.9. The van der Waals surface area contributed by atoms with Crippen molar-refractivity contribution < 1.29 is 18.0 Å². The predicted molar refractivity (Wildman–Crippen MR) is 75.7 cm³/mol. The van der Waals surface area contributed by atoms with Gasteiger partial charge in [0, 0.05) is 24.7 Å². The van der Waals surface area contributed by atoms with Gasteiger partial charge in [-0.1, -0.05) is 0 Å². The Morgan fingerprint density at radius 1 is 1.26 bits per heavy atom. The van der Waals surface area contributed by atoms with Crippen LogP contribution in [0.4, 0.5) is 13.2 Å². The van der Waals surface area contributed by atoms with Crippen molar-refractivity contribution in [2.45, 2.75) is 12.7 Å². The van der Waals surface area contributed by atoms with Crippen LogP contribution in [0.25, 0.3) is 0 Å². The third kappa shape index (κ3) is 4.77. The molecular weight excluding hydrogens is 313 g/mol. The molecule has 1 amide bonds. The summed E-state index contributed by atoms with van der Waals surface area (Å²) in [4.78, 5) is 26.9. The summed E-state index contributed by atoms with van der Waals surface area (Å²) in [5.74, 6) is -0.725. The number of carbonyl (C=O) groups excluding carboxylic acids is 1. The van der Waals surface area contributed by atoms with E-state index in [2.05, 4.69) is 15.5 Å². The lowest BCUT2D eigenvalue weighted by atomic mass is 10.3. The number of alkyl halides is 3. The van der Waals surface area contributed by atoms with Crippen LogP contribution in [0.3, 0.4) is 0 Å². The second-order valence-corrected chi connectivity index (χ2v) is 4.46. The molecule has 9 heteroatoms. The van der Waals surface area contributed by atoms with E-state index in [1.54, 1.807) is 12.1 Å². The average Bonchev–Trinajstić information content (AvgIpc) is 2.49. The number of aromatic nitrogens is 2. The molecule has 0 fully saturated rings.